The zero-order chi connectivity index (χ0) is 18.5. The number of nitrogens with zero attached hydrogens (tertiary/aromatic N) is 2. The summed E-state index contributed by atoms with van der Waals surface area (Å²) in [6.07, 6.45) is 0.997. The maximum Gasteiger partial charge on any atom is 0.417 e. The van der Waals surface area contributed by atoms with Crippen LogP contribution in [0.4, 0.5) is 18.9 Å². The molecule has 1 fully saturated rings. The van der Waals surface area contributed by atoms with Crippen LogP contribution in [0.2, 0.25) is 0 Å². The summed E-state index contributed by atoms with van der Waals surface area (Å²) in [5.74, 6) is 0. The number of aromatic nitrogens is 2. The van der Waals surface area contributed by atoms with Gasteiger partial charge in [-0.05, 0) is 31.0 Å². The quantitative estimate of drug-likeness (QED) is 0.700. The van der Waals surface area contributed by atoms with Crippen molar-refractivity contribution < 1.29 is 17.4 Å². The van der Waals surface area contributed by atoms with Gasteiger partial charge in [-0.25, -0.2) is 4.98 Å². The molecule has 2 N–H and O–H groups in total. The van der Waals surface area contributed by atoms with Gasteiger partial charge < -0.3 is 5.73 Å². The Morgan fingerprint density at radius 1 is 1.31 bits per heavy atom. The van der Waals surface area contributed by atoms with Gasteiger partial charge in [-0.15, -0.1) is 11.3 Å². The normalized spacial score (nSPS) is 16.6. The average molecular weight is 397 g/mol. The zero-order valence-electron chi connectivity index (χ0n) is 13.4. The van der Waals surface area contributed by atoms with Crippen molar-refractivity contribution in [3.8, 4) is 11.3 Å². The lowest BCUT2D eigenvalue weighted by Gasteiger charge is -2.23. The molecular formula is C17H14F3N3OS2. The number of nitrogen functional groups attached to an aromatic ring is 1. The number of anilines is 1. The minimum Gasteiger partial charge on any atom is -0.396 e. The molecule has 1 unspecified atom stereocenters. The fourth-order valence-electron chi connectivity index (χ4n) is 2.87. The standard InChI is InChI=1S/C17H14F3N3OS2/c18-17(19,20)11-7-12(9-3-2-6-22-8-9)23-15-13(11)14(21)16(25-15)26(24)10-4-1-5-10/h2-3,6-8,10H,1,4-5,21H2. The molecule has 9 heteroatoms. The van der Waals surface area contributed by atoms with E-state index in [1.807, 2.05) is 0 Å². The number of hydrogen-bond donors (Lipinski definition) is 1. The number of alkyl halides is 3. The molecule has 0 amide bonds. The van der Waals surface area contributed by atoms with Crippen molar-refractivity contribution in [2.45, 2.75) is 34.9 Å². The van der Waals surface area contributed by atoms with Gasteiger partial charge in [-0.1, -0.05) is 6.42 Å². The number of nitrogens with two attached hydrogens (primary N) is 1. The van der Waals surface area contributed by atoms with Crippen LogP contribution in [0.3, 0.4) is 0 Å². The van der Waals surface area contributed by atoms with Gasteiger partial charge in [0.1, 0.15) is 9.04 Å². The molecule has 3 aromatic heterocycles. The maximum atomic E-state index is 13.7. The molecule has 3 heterocycles. The van der Waals surface area contributed by atoms with Crippen molar-refractivity contribution in [1.82, 2.24) is 9.97 Å². The van der Waals surface area contributed by atoms with E-state index in [-0.39, 0.29) is 26.8 Å². The first-order valence-electron chi connectivity index (χ1n) is 7.97. The van der Waals surface area contributed by atoms with Crippen LogP contribution in [0.1, 0.15) is 24.8 Å². The van der Waals surface area contributed by atoms with E-state index in [1.165, 1.54) is 12.4 Å². The highest BCUT2D eigenvalue weighted by Gasteiger charge is 2.37. The van der Waals surface area contributed by atoms with E-state index in [0.29, 0.717) is 9.77 Å². The number of pyridine rings is 2. The highest BCUT2D eigenvalue weighted by atomic mass is 32.2. The Kier molecular flexibility index (Phi) is 4.23. The molecule has 136 valence electrons. The predicted octanol–water partition coefficient (Wildman–Crippen LogP) is 4.62. The molecular weight excluding hydrogens is 383 g/mol. The summed E-state index contributed by atoms with van der Waals surface area (Å²) >= 11 is 0.992. The van der Waals surface area contributed by atoms with Crippen LogP contribution in [0.15, 0.2) is 34.8 Å². The molecule has 4 nitrogen and oxygen atoms in total. The Balaban J connectivity index is 1.95. The molecule has 3 aromatic rings. The van der Waals surface area contributed by atoms with Crippen LogP contribution in [0.5, 0.6) is 0 Å². The third kappa shape index (κ3) is 2.88. The molecule has 4 rings (SSSR count). The topological polar surface area (TPSA) is 68.9 Å². The Labute approximate surface area is 153 Å². The van der Waals surface area contributed by atoms with Gasteiger partial charge in [-0.2, -0.15) is 13.2 Å². The minimum atomic E-state index is -4.59. The van der Waals surface area contributed by atoms with Crippen LogP contribution in [-0.2, 0) is 17.0 Å². The summed E-state index contributed by atoms with van der Waals surface area (Å²) in [6.45, 7) is 0. The second kappa shape index (κ2) is 6.31. The lowest BCUT2D eigenvalue weighted by molar-refractivity contribution is -0.136. The maximum absolute atomic E-state index is 13.7. The van der Waals surface area contributed by atoms with Gasteiger partial charge in [0.2, 0.25) is 0 Å². The molecule has 0 saturated heterocycles. The SMILES string of the molecule is Nc1c(S(=O)C2CCC2)sc2nc(-c3cccnc3)cc(C(F)(F)F)c12. The summed E-state index contributed by atoms with van der Waals surface area (Å²) in [7, 11) is -1.40. The van der Waals surface area contributed by atoms with E-state index in [2.05, 4.69) is 9.97 Å². The van der Waals surface area contributed by atoms with Crippen LogP contribution < -0.4 is 5.73 Å². The minimum absolute atomic E-state index is 0.0301. The van der Waals surface area contributed by atoms with E-state index in [1.54, 1.807) is 12.1 Å². The van der Waals surface area contributed by atoms with Gasteiger partial charge in [0.05, 0.1) is 27.7 Å². The van der Waals surface area contributed by atoms with Gasteiger partial charge in [-0.3, -0.25) is 9.19 Å². The lowest BCUT2D eigenvalue weighted by atomic mass is 10.0. The van der Waals surface area contributed by atoms with E-state index >= 15 is 0 Å². The van der Waals surface area contributed by atoms with Gasteiger partial charge >= 0.3 is 6.18 Å². The summed E-state index contributed by atoms with van der Waals surface area (Å²) in [5, 5.41) is -0.185. The molecule has 0 spiro atoms. The molecule has 1 saturated carbocycles. The second-order valence-corrected chi connectivity index (χ2v) is 9.06. The first kappa shape index (κ1) is 17.4. The first-order valence-corrected chi connectivity index (χ1v) is 10.0. The van der Waals surface area contributed by atoms with Gasteiger partial charge in [0.15, 0.2) is 0 Å². The smallest absolute Gasteiger partial charge is 0.396 e. The average Bonchev–Trinajstić information content (AvgIpc) is 2.89. The fraction of sp³-hybridized carbons (Fsp3) is 0.294. The number of rotatable bonds is 3. The van der Waals surface area contributed by atoms with Crippen molar-refractivity contribution >= 4 is 38.0 Å². The van der Waals surface area contributed by atoms with Gasteiger partial charge in [0.25, 0.3) is 0 Å². The summed E-state index contributed by atoms with van der Waals surface area (Å²) < 4.78 is 54.0. The molecule has 0 aliphatic heterocycles. The predicted molar refractivity (Wildman–Crippen MR) is 96.3 cm³/mol. The highest BCUT2D eigenvalue weighted by Crippen LogP contribution is 2.45. The van der Waals surface area contributed by atoms with Crippen LogP contribution in [0.25, 0.3) is 21.5 Å². The van der Waals surface area contributed by atoms with Gasteiger partial charge in [0, 0.05) is 28.6 Å². The monoisotopic (exact) mass is 397 g/mol. The lowest BCUT2D eigenvalue weighted by Crippen LogP contribution is -2.23. The van der Waals surface area contributed by atoms with Crippen molar-refractivity contribution in [3.05, 3.63) is 36.2 Å². The fourth-order valence-corrected chi connectivity index (χ4v) is 6.08. The zero-order valence-corrected chi connectivity index (χ0v) is 15.0. The molecule has 0 bridgehead atoms. The van der Waals surface area contributed by atoms with Crippen molar-refractivity contribution in [2.75, 3.05) is 5.73 Å². The number of thiophene rings is 1. The second-order valence-electron chi connectivity index (χ2n) is 6.13. The molecule has 1 aliphatic carbocycles. The number of fused-ring (bicyclic) bond motifs is 1. The summed E-state index contributed by atoms with van der Waals surface area (Å²) in [5.41, 5.74) is 5.74. The summed E-state index contributed by atoms with van der Waals surface area (Å²) in [4.78, 5) is 8.44. The Hall–Kier alpha value is -2.00. The first-order chi connectivity index (χ1) is 12.4. The third-order valence-electron chi connectivity index (χ3n) is 4.47. The molecule has 0 radical (unpaired) electrons. The third-order valence-corrected chi connectivity index (χ3v) is 7.76. The molecule has 1 atom stereocenters. The molecule has 26 heavy (non-hydrogen) atoms. The van der Waals surface area contributed by atoms with Crippen LogP contribution >= 0.6 is 11.3 Å². The Morgan fingerprint density at radius 3 is 2.65 bits per heavy atom. The molecule has 0 aromatic carbocycles. The largest absolute Gasteiger partial charge is 0.417 e. The van der Waals surface area contributed by atoms with E-state index in [9.17, 15) is 17.4 Å². The van der Waals surface area contributed by atoms with Crippen molar-refractivity contribution in [3.63, 3.8) is 0 Å². The van der Waals surface area contributed by atoms with Crippen molar-refractivity contribution in [1.29, 1.82) is 0 Å². The summed E-state index contributed by atoms with van der Waals surface area (Å²) in [6, 6.07) is 4.26. The van der Waals surface area contributed by atoms with E-state index in [0.717, 1.165) is 36.7 Å². The van der Waals surface area contributed by atoms with E-state index < -0.39 is 22.5 Å². The Morgan fingerprint density at radius 2 is 2.08 bits per heavy atom. The number of halogens is 3. The number of hydrogen-bond acceptors (Lipinski definition) is 5. The van der Waals surface area contributed by atoms with Crippen molar-refractivity contribution in [2.24, 2.45) is 0 Å². The Bertz CT molecular complexity index is 998. The molecule has 1 aliphatic rings. The van der Waals surface area contributed by atoms with E-state index in [4.69, 9.17) is 5.73 Å². The van der Waals surface area contributed by atoms with Crippen LogP contribution in [0, 0.1) is 0 Å². The van der Waals surface area contributed by atoms with Crippen LogP contribution in [-0.4, -0.2) is 19.4 Å². The highest BCUT2D eigenvalue weighted by molar-refractivity contribution is 7.88.